The van der Waals surface area contributed by atoms with Crippen molar-refractivity contribution >= 4 is 12.0 Å². The Morgan fingerprint density at radius 3 is 2.50 bits per heavy atom. The Bertz CT molecular complexity index is 339. The molecule has 0 radical (unpaired) electrons. The Kier molecular flexibility index (Phi) is 5.19. The molecule has 1 rings (SSSR count). The van der Waals surface area contributed by atoms with Crippen molar-refractivity contribution in [1.82, 2.24) is 10.6 Å². The van der Waals surface area contributed by atoms with Gasteiger partial charge < -0.3 is 15.7 Å². The molecule has 0 fully saturated rings. The van der Waals surface area contributed by atoms with Crippen LogP contribution >= 0.6 is 0 Å². The van der Waals surface area contributed by atoms with E-state index in [1.54, 1.807) is 12.2 Å². The van der Waals surface area contributed by atoms with Gasteiger partial charge in [0.1, 0.15) is 0 Å². The van der Waals surface area contributed by atoms with Crippen molar-refractivity contribution in [2.75, 3.05) is 0 Å². The number of hydrogen-bond donors (Lipinski definition) is 3. The Hall–Kier alpha value is -1.52. The predicted molar refractivity (Wildman–Crippen MR) is 69.3 cm³/mol. The second-order valence-electron chi connectivity index (χ2n) is 5.05. The zero-order valence-electron chi connectivity index (χ0n) is 11.1. The lowest BCUT2D eigenvalue weighted by atomic mass is 10.0. The van der Waals surface area contributed by atoms with Crippen LogP contribution < -0.4 is 10.6 Å². The highest BCUT2D eigenvalue weighted by Crippen LogP contribution is 2.17. The van der Waals surface area contributed by atoms with Crippen molar-refractivity contribution in [2.24, 2.45) is 11.8 Å². The molecule has 3 N–H and O–H groups in total. The molecule has 3 unspecified atom stereocenters. The van der Waals surface area contributed by atoms with E-state index in [-0.39, 0.29) is 18.1 Å². The molecule has 0 saturated carbocycles. The standard InChI is InChI=1S/C13H22N2O3/c1-4-11(8(2)3)15-13(18)14-10-6-5-9(7-10)12(16)17/h5-6,8-11H,4,7H2,1-3H3,(H,16,17)(H2,14,15,18). The Morgan fingerprint density at radius 1 is 1.39 bits per heavy atom. The number of amides is 2. The summed E-state index contributed by atoms with van der Waals surface area (Å²) in [5.41, 5.74) is 0. The molecule has 0 aromatic carbocycles. The maximum Gasteiger partial charge on any atom is 0.315 e. The van der Waals surface area contributed by atoms with Crippen LogP contribution in [0.1, 0.15) is 33.6 Å². The fourth-order valence-corrected chi connectivity index (χ4v) is 2.11. The minimum Gasteiger partial charge on any atom is -0.481 e. The van der Waals surface area contributed by atoms with E-state index in [9.17, 15) is 9.59 Å². The third-order valence-corrected chi connectivity index (χ3v) is 3.28. The number of aliphatic carboxylic acids is 1. The lowest BCUT2D eigenvalue weighted by Crippen LogP contribution is -2.47. The van der Waals surface area contributed by atoms with Gasteiger partial charge in [-0.2, -0.15) is 0 Å². The summed E-state index contributed by atoms with van der Waals surface area (Å²) in [5.74, 6) is -0.946. The van der Waals surface area contributed by atoms with E-state index in [0.29, 0.717) is 12.3 Å². The number of urea groups is 1. The lowest BCUT2D eigenvalue weighted by Gasteiger charge is -2.22. The van der Waals surface area contributed by atoms with E-state index in [2.05, 4.69) is 24.5 Å². The fourth-order valence-electron chi connectivity index (χ4n) is 2.11. The van der Waals surface area contributed by atoms with Gasteiger partial charge in [0.2, 0.25) is 0 Å². The molecule has 0 aromatic heterocycles. The molecule has 1 aliphatic carbocycles. The Labute approximate surface area is 108 Å². The summed E-state index contributed by atoms with van der Waals surface area (Å²) >= 11 is 0. The van der Waals surface area contributed by atoms with Crippen molar-refractivity contribution in [3.05, 3.63) is 12.2 Å². The first kappa shape index (κ1) is 14.5. The van der Waals surface area contributed by atoms with Crippen molar-refractivity contribution in [1.29, 1.82) is 0 Å². The van der Waals surface area contributed by atoms with E-state index in [1.165, 1.54) is 0 Å². The monoisotopic (exact) mass is 254 g/mol. The van der Waals surface area contributed by atoms with Gasteiger partial charge in [0.05, 0.1) is 12.0 Å². The van der Waals surface area contributed by atoms with Gasteiger partial charge in [-0.3, -0.25) is 4.79 Å². The molecule has 0 saturated heterocycles. The van der Waals surface area contributed by atoms with E-state index < -0.39 is 11.9 Å². The van der Waals surface area contributed by atoms with E-state index in [4.69, 9.17) is 5.11 Å². The Morgan fingerprint density at radius 2 is 2.06 bits per heavy atom. The minimum absolute atomic E-state index is 0.144. The van der Waals surface area contributed by atoms with Crippen LogP contribution in [-0.2, 0) is 4.79 Å². The van der Waals surface area contributed by atoms with Gasteiger partial charge in [-0.25, -0.2) is 4.79 Å². The van der Waals surface area contributed by atoms with Crippen LogP contribution in [0, 0.1) is 11.8 Å². The number of hydrogen-bond acceptors (Lipinski definition) is 2. The number of nitrogens with one attached hydrogen (secondary N) is 2. The summed E-state index contributed by atoms with van der Waals surface area (Å²) in [4.78, 5) is 22.5. The number of carboxylic acids is 1. The molecule has 18 heavy (non-hydrogen) atoms. The van der Waals surface area contributed by atoms with Gasteiger partial charge in [-0.15, -0.1) is 0 Å². The van der Waals surface area contributed by atoms with E-state index >= 15 is 0 Å². The number of carbonyl (C=O) groups excluding carboxylic acids is 1. The molecule has 5 heteroatoms. The zero-order valence-corrected chi connectivity index (χ0v) is 11.1. The maximum absolute atomic E-state index is 11.7. The smallest absolute Gasteiger partial charge is 0.315 e. The minimum atomic E-state index is -0.843. The van der Waals surface area contributed by atoms with Crippen LogP contribution in [0.2, 0.25) is 0 Å². The molecule has 0 spiro atoms. The third kappa shape index (κ3) is 4.05. The molecule has 1 aliphatic rings. The first-order valence-electron chi connectivity index (χ1n) is 6.42. The van der Waals surface area contributed by atoms with Crippen LogP contribution in [0.25, 0.3) is 0 Å². The van der Waals surface area contributed by atoms with Gasteiger partial charge in [0, 0.05) is 6.04 Å². The molecule has 0 bridgehead atoms. The highest BCUT2D eigenvalue weighted by molar-refractivity contribution is 5.76. The number of carboxylic acid groups (broad SMARTS) is 1. The first-order valence-corrected chi connectivity index (χ1v) is 6.42. The average molecular weight is 254 g/mol. The summed E-state index contributed by atoms with van der Waals surface area (Å²) in [5, 5.41) is 14.5. The molecule has 5 nitrogen and oxygen atoms in total. The molecular formula is C13H22N2O3. The molecule has 0 heterocycles. The van der Waals surface area contributed by atoms with Crippen LogP contribution in [0.5, 0.6) is 0 Å². The molecule has 0 aliphatic heterocycles. The summed E-state index contributed by atoms with van der Waals surface area (Å²) in [7, 11) is 0. The van der Waals surface area contributed by atoms with E-state index in [0.717, 1.165) is 6.42 Å². The summed E-state index contributed by atoms with van der Waals surface area (Å²) in [6, 6.07) is -0.266. The molecule has 3 atom stereocenters. The number of rotatable bonds is 5. The van der Waals surface area contributed by atoms with Crippen LogP contribution in [-0.4, -0.2) is 29.2 Å². The number of carbonyl (C=O) groups is 2. The molecule has 2 amide bonds. The highest BCUT2D eigenvalue weighted by Gasteiger charge is 2.25. The topological polar surface area (TPSA) is 78.4 Å². The van der Waals surface area contributed by atoms with Crippen LogP contribution in [0.15, 0.2) is 12.2 Å². The Balaban J connectivity index is 2.38. The summed E-state index contributed by atoms with van der Waals surface area (Å²) in [6.45, 7) is 6.15. The maximum atomic E-state index is 11.7. The second kappa shape index (κ2) is 6.42. The fraction of sp³-hybridized carbons (Fsp3) is 0.692. The van der Waals surface area contributed by atoms with Crippen molar-refractivity contribution in [2.45, 2.75) is 45.7 Å². The second-order valence-corrected chi connectivity index (χ2v) is 5.05. The van der Waals surface area contributed by atoms with E-state index in [1.807, 2.05) is 6.92 Å². The molecule has 0 aromatic rings. The normalized spacial score (nSPS) is 24.0. The summed E-state index contributed by atoms with van der Waals surface area (Å²) < 4.78 is 0. The predicted octanol–water partition coefficient (Wildman–Crippen LogP) is 1.75. The largest absolute Gasteiger partial charge is 0.481 e. The van der Waals surface area contributed by atoms with Crippen molar-refractivity contribution in [3.8, 4) is 0 Å². The van der Waals surface area contributed by atoms with Gasteiger partial charge in [0.15, 0.2) is 0 Å². The van der Waals surface area contributed by atoms with Crippen LogP contribution in [0.4, 0.5) is 4.79 Å². The average Bonchev–Trinajstić information content (AvgIpc) is 2.74. The summed E-state index contributed by atoms with van der Waals surface area (Å²) in [6.07, 6.45) is 4.69. The third-order valence-electron chi connectivity index (χ3n) is 3.28. The lowest BCUT2D eigenvalue weighted by molar-refractivity contribution is -0.140. The SMILES string of the molecule is CCC(NC(=O)NC1C=CC(C(=O)O)C1)C(C)C. The zero-order chi connectivity index (χ0) is 13.7. The van der Waals surface area contributed by atoms with Crippen molar-refractivity contribution in [3.63, 3.8) is 0 Å². The van der Waals surface area contributed by atoms with Gasteiger partial charge >= 0.3 is 12.0 Å². The van der Waals surface area contributed by atoms with Crippen LogP contribution in [0.3, 0.4) is 0 Å². The highest BCUT2D eigenvalue weighted by atomic mass is 16.4. The first-order chi connectivity index (χ1) is 8.43. The quantitative estimate of drug-likeness (QED) is 0.654. The van der Waals surface area contributed by atoms with Gasteiger partial charge in [-0.1, -0.05) is 32.9 Å². The molecule has 102 valence electrons. The van der Waals surface area contributed by atoms with Gasteiger partial charge in [0.25, 0.3) is 0 Å². The van der Waals surface area contributed by atoms with Crippen molar-refractivity contribution < 1.29 is 14.7 Å². The molecular weight excluding hydrogens is 232 g/mol. The van der Waals surface area contributed by atoms with Gasteiger partial charge in [-0.05, 0) is 18.8 Å².